The van der Waals surface area contributed by atoms with Gasteiger partial charge in [0.1, 0.15) is 18.7 Å². The molecule has 0 spiro atoms. The summed E-state index contributed by atoms with van der Waals surface area (Å²) >= 11 is 0. The fourth-order valence-corrected chi connectivity index (χ4v) is 1.43. The number of guanidine groups is 1. The Morgan fingerprint density at radius 3 is 2.61 bits per heavy atom. The van der Waals surface area contributed by atoms with Gasteiger partial charge in [0.25, 0.3) is 0 Å². The van der Waals surface area contributed by atoms with Crippen LogP contribution in [0, 0.1) is 0 Å². The van der Waals surface area contributed by atoms with Crippen molar-refractivity contribution in [3.63, 3.8) is 0 Å². The molecule has 0 aliphatic carbocycles. The van der Waals surface area contributed by atoms with E-state index in [4.69, 9.17) is 5.73 Å². The predicted octanol–water partition coefficient (Wildman–Crippen LogP) is 1.46. The van der Waals surface area contributed by atoms with Crippen molar-refractivity contribution < 1.29 is 0 Å². The molecule has 0 atom stereocenters. The SMILES string of the molecule is CC(C)NC(N)=NCc1ncnn1C(C)(C)C.I. The van der Waals surface area contributed by atoms with Crippen LogP contribution in [-0.4, -0.2) is 26.8 Å². The third-order valence-corrected chi connectivity index (χ3v) is 2.08. The van der Waals surface area contributed by atoms with Gasteiger partial charge in [-0.25, -0.2) is 14.7 Å². The number of nitrogens with zero attached hydrogens (tertiary/aromatic N) is 4. The third-order valence-electron chi connectivity index (χ3n) is 2.08. The number of nitrogens with one attached hydrogen (secondary N) is 1. The van der Waals surface area contributed by atoms with Crippen molar-refractivity contribution >= 4 is 29.9 Å². The smallest absolute Gasteiger partial charge is 0.189 e. The van der Waals surface area contributed by atoms with Crippen molar-refractivity contribution in [1.29, 1.82) is 0 Å². The molecule has 0 saturated carbocycles. The Bertz CT molecular complexity index is 390. The maximum Gasteiger partial charge on any atom is 0.189 e. The molecule has 1 aromatic heterocycles. The summed E-state index contributed by atoms with van der Waals surface area (Å²) in [5, 5.41) is 7.24. The van der Waals surface area contributed by atoms with Gasteiger partial charge in [-0.2, -0.15) is 5.10 Å². The Hall–Kier alpha value is -0.860. The number of aromatic nitrogens is 3. The summed E-state index contributed by atoms with van der Waals surface area (Å²) in [6.45, 7) is 10.7. The Morgan fingerprint density at radius 1 is 1.50 bits per heavy atom. The monoisotopic (exact) mass is 366 g/mol. The van der Waals surface area contributed by atoms with Gasteiger partial charge in [-0.3, -0.25) is 0 Å². The molecule has 0 unspecified atom stereocenters. The first-order chi connectivity index (χ1) is 7.80. The zero-order chi connectivity index (χ0) is 13.1. The van der Waals surface area contributed by atoms with Gasteiger partial charge in [-0.05, 0) is 34.6 Å². The zero-order valence-corrected chi connectivity index (χ0v) is 14.0. The summed E-state index contributed by atoms with van der Waals surface area (Å²) in [6.07, 6.45) is 1.54. The first kappa shape index (κ1) is 17.1. The number of hydrogen-bond acceptors (Lipinski definition) is 3. The average Bonchev–Trinajstić information content (AvgIpc) is 2.60. The van der Waals surface area contributed by atoms with Gasteiger partial charge >= 0.3 is 0 Å². The highest BCUT2D eigenvalue weighted by atomic mass is 127. The van der Waals surface area contributed by atoms with Crippen LogP contribution in [0.3, 0.4) is 0 Å². The van der Waals surface area contributed by atoms with Crippen molar-refractivity contribution in [3.05, 3.63) is 12.2 Å². The van der Waals surface area contributed by atoms with Crippen LogP contribution in [0.4, 0.5) is 0 Å². The normalized spacial score (nSPS) is 12.4. The molecule has 0 bridgehead atoms. The van der Waals surface area contributed by atoms with E-state index in [2.05, 4.69) is 41.2 Å². The average molecular weight is 366 g/mol. The van der Waals surface area contributed by atoms with Crippen LogP contribution in [-0.2, 0) is 12.1 Å². The lowest BCUT2D eigenvalue weighted by Gasteiger charge is -2.20. The van der Waals surface area contributed by atoms with Crippen LogP contribution in [0.25, 0.3) is 0 Å². The number of rotatable bonds is 3. The van der Waals surface area contributed by atoms with Gasteiger partial charge in [0.05, 0.1) is 5.54 Å². The summed E-state index contributed by atoms with van der Waals surface area (Å²) in [5.41, 5.74) is 5.64. The number of hydrogen-bond donors (Lipinski definition) is 2. The Labute approximate surface area is 125 Å². The lowest BCUT2D eigenvalue weighted by molar-refractivity contribution is 0.341. The van der Waals surface area contributed by atoms with Crippen LogP contribution in [0.1, 0.15) is 40.4 Å². The molecule has 0 aromatic carbocycles. The van der Waals surface area contributed by atoms with Crippen molar-refractivity contribution in [2.75, 3.05) is 0 Å². The number of aliphatic imine (C=N–C) groups is 1. The molecule has 0 saturated heterocycles. The molecular weight excluding hydrogens is 343 g/mol. The largest absolute Gasteiger partial charge is 0.370 e. The van der Waals surface area contributed by atoms with Crippen molar-refractivity contribution in [2.45, 2.75) is 52.7 Å². The topological polar surface area (TPSA) is 81.1 Å². The van der Waals surface area contributed by atoms with Crippen molar-refractivity contribution in [3.8, 4) is 0 Å². The molecule has 6 nitrogen and oxygen atoms in total. The van der Waals surface area contributed by atoms with E-state index in [0.717, 1.165) is 5.82 Å². The standard InChI is InChI=1S/C11H22N6.HI/c1-8(2)16-10(12)13-6-9-14-7-15-17(9)11(3,4)5;/h7-8H,6H2,1-5H3,(H3,12,13,16);1H. The molecule has 0 aliphatic heterocycles. The van der Waals surface area contributed by atoms with Gasteiger partial charge in [0.15, 0.2) is 5.96 Å². The van der Waals surface area contributed by atoms with E-state index >= 15 is 0 Å². The maximum absolute atomic E-state index is 5.73. The van der Waals surface area contributed by atoms with Crippen molar-refractivity contribution in [2.24, 2.45) is 10.7 Å². The third kappa shape index (κ3) is 5.19. The van der Waals surface area contributed by atoms with Crippen LogP contribution in [0.15, 0.2) is 11.3 Å². The van der Waals surface area contributed by atoms with E-state index in [-0.39, 0.29) is 35.6 Å². The second kappa shape index (κ2) is 6.91. The molecule has 7 heteroatoms. The summed E-state index contributed by atoms with van der Waals surface area (Å²) in [5.74, 6) is 1.24. The molecule has 0 amide bonds. The first-order valence-electron chi connectivity index (χ1n) is 5.76. The molecule has 3 N–H and O–H groups in total. The number of halogens is 1. The number of nitrogens with two attached hydrogens (primary N) is 1. The van der Waals surface area contributed by atoms with Gasteiger partial charge < -0.3 is 11.1 Å². The van der Waals surface area contributed by atoms with Crippen molar-refractivity contribution in [1.82, 2.24) is 20.1 Å². The molecule has 18 heavy (non-hydrogen) atoms. The lowest BCUT2D eigenvalue weighted by Crippen LogP contribution is -2.36. The highest BCUT2D eigenvalue weighted by Gasteiger charge is 2.17. The van der Waals surface area contributed by atoms with Crippen LogP contribution in [0.2, 0.25) is 0 Å². The highest BCUT2D eigenvalue weighted by molar-refractivity contribution is 14.0. The fourth-order valence-electron chi connectivity index (χ4n) is 1.43. The summed E-state index contributed by atoms with van der Waals surface area (Å²) in [7, 11) is 0. The Morgan fingerprint density at radius 2 is 2.11 bits per heavy atom. The van der Waals surface area contributed by atoms with E-state index in [1.807, 2.05) is 18.5 Å². The minimum atomic E-state index is -0.0956. The molecule has 1 rings (SSSR count). The fraction of sp³-hybridized carbons (Fsp3) is 0.727. The molecule has 104 valence electrons. The van der Waals surface area contributed by atoms with E-state index in [1.54, 1.807) is 6.33 Å². The minimum absolute atomic E-state index is 0. The minimum Gasteiger partial charge on any atom is -0.370 e. The molecule has 1 heterocycles. The summed E-state index contributed by atoms with van der Waals surface area (Å²) in [6, 6.07) is 0.277. The van der Waals surface area contributed by atoms with Gasteiger partial charge in [-0.1, -0.05) is 0 Å². The second-order valence-electron chi connectivity index (χ2n) is 5.26. The quantitative estimate of drug-likeness (QED) is 0.482. The Balaban J connectivity index is 0.00000289. The molecule has 0 fully saturated rings. The van der Waals surface area contributed by atoms with E-state index in [9.17, 15) is 0 Å². The second-order valence-corrected chi connectivity index (χ2v) is 5.26. The zero-order valence-electron chi connectivity index (χ0n) is 11.6. The molecule has 0 aliphatic rings. The van der Waals surface area contributed by atoms with Crippen LogP contribution in [0.5, 0.6) is 0 Å². The van der Waals surface area contributed by atoms with Crippen LogP contribution < -0.4 is 11.1 Å². The van der Waals surface area contributed by atoms with E-state index in [1.165, 1.54) is 0 Å². The predicted molar refractivity (Wildman–Crippen MR) is 84.0 cm³/mol. The van der Waals surface area contributed by atoms with Gasteiger partial charge in [0, 0.05) is 6.04 Å². The van der Waals surface area contributed by atoms with E-state index in [0.29, 0.717) is 12.5 Å². The Kier molecular flexibility index (Phi) is 6.58. The molecule has 0 radical (unpaired) electrons. The first-order valence-corrected chi connectivity index (χ1v) is 5.76. The van der Waals surface area contributed by atoms with E-state index < -0.39 is 0 Å². The highest BCUT2D eigenvalue weighted by Crippen LogP contribution is 2.14. The van der Waals surface area contributed by atoms with Crippen LogP contribution >= 0.6 is 24.0 Å². The molecule has 1 aromatic rings. The maximum atomic E-state index is 5.73. The van der Waals surface area contributed by atoms with Gasteiger partial charge in [-0.15, -0.1) is 24.0 Å². The summed E-state index contributed by atoms with van der Waals surface area (Å²) in [4.78, 5) is 8.44. The van der Waals surface area contributed by atoms with Gasteiger partial charge in [0.2, 0.25) is 0 Å². The lowest BCUT2D eigenvalue weighted by atomic mass is 10.1. The molecular formula is C11H23IN6. The summed E-state index contributed by atoms with van der Waals surface area (Å²) < 4.78 is 1.86.